The molecule has 0 saturated carbocycles. The van der Waals surface area contributed by atoms with Crippen molar-refractivity contribution in [3.05, 3.63) is 90.5 Å². The number of para-hydroxylation sites is 2. The summed E-state index contributed by atoms with van der Waals surface area (Å²) in [7, 11) is 0. The molecule has 1 aromatic heterocycles. The van der Waals surface area contributed by atoms with Crippen LogP contribution in [0.3, 0.4) is 0 Å². The summed E-state index contributed by atoms with van der Waals surface area (Å²) in [5, 5.41) is 19.4. The maximum Gasteiger partial charge on any atom is 0.265 e. The number of ether oxygens (including phenoxy) is 1. The van der Waals surface area contributed by atoms with Gasteiger partial charge in [0.25, 0.3) is 5.91 Å². The van der Waals surface area contributed by atoms with Crippen molar-refractivity contribution in [3.8, 4) is 11.6 Å². The topological polar surface area (TPSA) is 76.2 Å². The number of nitrogens with zero attached hydrogens (tertiary/aromatic N) is 3. The van der Waals surface area contributed by atoms with Gasteiger partial charge in [0.2, 0.25) is 5.88 Å². The molecule has 0 bridgehead atoms. The number of hydrogen-bond acceptors (Lipinski definition) is 4. The molecule has 31 heavy (non-hydrogen) atoms. The summed E-state index contributed by atoms with van der Waals surface area (Å²) in [5.41, 5.74) is 2.18. The van der Waals surface area contributed by atoms with Crippen LogP contribution in [0.2, 0.25) is 0 Å². The molecule has 1 heterocycles. The number of fused-ring (bicyclic) bond motifs is 1. The van der Waals surface area contributed by atoms with E-state index in [1.54, 1.807) is 4.57 Å². The lowest BCUT2D eigenvalue weighted by Crippen LogP contribution is -2.07. The number of azo groups is 1. The fraction of sp³-hybridized carbons (Fsp3) is 0.160. The van der Waals surface area contributed by atoms with Gasteiger partial charge in [0, 0.05) is 11.8 Å². The first-order chi connectivity index (χ1) is 15.2. The Bertz CT molecular complexity index is 1180. The molecular weight excluding hydrogens is 390 g/mol. The highest BCUT2D eigenvalue weighted by Crippen LogP contribution is 2.38. The Balaban J connectivity index is 1.47. The molecule has 0 unspecified atom stereocenters. The molecule has 4 aromatic rings. The van der Waals surface area contributed by atoms with Crippen LogP contribution in [-0.4, -0.2) is 22.2 Å². The molecule has 0 aliphatic rings. The molecular formula is C25H23N3O3. The average Bonchev–Trinajstić information content (AvgIpc) is 3.08. The van der Waals surface area contributed by atoms with Gasteiger partial charge >= 0.3 is 0 Å². The van der Waals surface area contributed by atoms with Gasteiger partial charge in [-0.15, -0.1) is 10.2 Å². The van der Waals surface area contributed by atoms with E-state index < -0.39 is 0 Å². The van der Waals surface area contributed by atoms with Crippen LogP contribution >= 0.6 is 0 Å². The Labute approximate surface area is 180 Å². The van der Waals surface area contributed by atoms with Crippen LogP contribution in [0.5, 0.6) is 11.6 Å². The monoisotopic (exact) mass is 413 g/mol. The van der Waals surface area contributed by atoms with E-state index >= 15 is 0 Å². The molecule has 6 heteroatoms. The molecule has 156 valence electrons. The first kappa shape index (κ1) is 20.3. The largest absolute Gasteiger partial charge is 0.493 e. The zero-order chi connectivity index (χ0) is 21.5. The minimum Gasteiger partial charge on any atom is -0.493 e. The summed E-state index contributed by atoms with van der Waals surface area (Å²) < 4.78 is 7.48. The average molecular weight is 413 g/mol. The molecule has 0 saturated heterocycles. The normalized spacial score (nSPS) is 11.2. The third-order valence-corrected chi connectivity index (χ3v) is 4.98. The minimum absolute atomic E-state index is 0.0301. The van der Waals surface area contributed by atoms with Gasteiger partial charge in [-0.05, 0) is 30.2 Å². The predicted octanol–water partition coefficient (Wildman–Crippen LogP) is 5.67. The lowest BCUT2D eigenvalue weighted by Gasteiger charge is -2.09. The number of carbonyl (C=O) groups excluding carboxylic acids is 1. The number of aromatic nitrogens is 1. The molecule has 1 amide bonds. The fourth-order valence-corrected chi connectivity index (χ4v) is 3.42. The van der Waals surface area contributed by atoms with E-state index in [2.05, 4.69) is 10.2 Å². The molecule has 0 spiro atoms. The second-order valence-electron chi connectivity index (χ2n) is 7.08. The second kappa shape index (κ2) is 9.71. The molecule has 0 radical (unpaired) electrons. The van der Waals surface area contributed by atoms with Crippen molar-refractivity contribution in [1.82, 2.24) is 4.57 Å². The summed E-state index contributed by atoms with van der Waals surface area (Å²) in [6, 6.07) is 26.8. The lowest BCUT2D eigenvalue weighted by molar-refractivity contribution is -0.118. The number of benzene rings is 3. The van der Waals surface area contributed by atoms with Gasteiger partial charge in [0.15, 0.2) is 5.69 Å². The fourth-order valence-electron chi connectivity index (χ4n) is 3.42. The summed E-state index contributed by atoms with van der Waals surface area (Å²) in [4.78, 5) is 12.2. The molecule has 0 aliphatic carbocycles. The number of rotatable bonds is 8. The van der Waals surface area contributed by atoms with Crippen LogP contribution in [0.4, 0.5) is 5.69 Å². The van der Waals surface area contributed by atoms with E-state index in [1.165, 1.54) is 0 Å². The van der Waals surface area contributed by atoms with E-state index in [0.29, 0.717) is 25.3 Å². The Morgan fingerprint density at radius 3 is 2.35 bits per heavy atom. The third-order valence-electron chi connectivity index (χ3n) is 4.98. The molecule has 0 fully saturated rings. The van der Waals surface area contributed by atoms with Crippen molar-refractivity contribution in [2.45, 2.75) is 19.4 Å². The Hall–Kier alpha value is -3.93. The zero-order valence-electron chi connectivity index (χ0n) is 17.0. The van der Waals surface area contributed by atoms with Crippen LogP contribution < -0.4 is 4.74 Å². The Kier molecular flexibility index (Phi) is 6.38. The molecule has 0 atom stereocenters. The maximum absolute atomic E-state index is 12.2. The highest BCUT2D eigenvalue weighted by atomic mass is 16.5. The van der Waals surface area contributed by atoms with Crippen molar-refractivity contribution in [2.75, 3.05) is 6.61 Å². The third kappa shape index (κ3) is 4.98. The number of hydrogen-bond donors (Lipinski definition) is 1. The summed E-state index contributed by atoms with van der Waals surface area (Å²) in [6.07, 6.45) is 0.862. The number of aromatic hydroxyl groups is 1. The highest BCUT2D eigenvalue weighted by molar-refractivity contribution is 5.95. The summed E-state index contributed by atoms with van der Waals surface area (Å²) in [5.74, 6) is 0.410. The van der Waals surface area contributed by atoms with Gasteiger partial charge in [0.05, 0.1) is 12.1 Å². The lowest BCUT2D eigenvalue weighted by atomic mass is 10.1. The molecule has 6 nitrogen and oxygen atoms in total. The van der Waals surface area contributed by atoms with Gasteiger partial charge in [-0.2, -0.15) is 0 Å². The number of carbonyl (C=O) groups is 1. The zero-order valence-corrected chi connectivity index (χ0v) is 17.0. The highest BCUT2D eigenvalue weighted by Gasteiger charge is 2.16. The standard InChI is InChI=1S/C25H23N3O3/c29-23(16-15-19-9-3-1-4-10-19)26-27-24-21-13-7-8-14-22(21)28(25(24)30)17-18-31-20-11-5-2-6-12-20/h1-14,30H,15-18H2. The summed E-state index contributed by atoms with van der Waals surface area (Å²) >= 11 is 0. The maximum atomic E-state index is 12.2. The minimum atomic E-state index is -0.326. The molecule has 0 aliphatic heterocycles. The van der Waals surface area contributed by atoms with Crippen LogP contribution in [0.1, 0.15) is 12.0 Å². The number of amides is 1. The van der Waals surface area contributed by atoms with Crippen molar-refractivity contribution in [2.24, 2.45) is 10.2 Å². The van der Waals surface area contributed by atoms with Crippen LogP contribution in [0, 0.1) is 0 Å². The van der Waals surface area contributed by atoms with Gasteiger partial charge in [-0.1, -0.05) is 66.7 Å². The van der Waals surface area contributed by atoms with Crippen molar-refractivity contribution in [3.63, 3.8) is 0 Å². The molecule has 1 N–H and O–H groups in total. The van der Waals surface area contributed by atoms with Gasteiger partial charge in [-0.25, -0.2) is 0 Å². The van der Waals surface area contributed by atoms with Crippen LogP contribution in [0.15, 0.2) is 95.2 Å². The first-order valence-corrected chi connectivity index (χ1v) is 10.2. The van der Waals surface area contributed by atoms with Crippen molar-refractivity contribution < 1.29 is 14.6 Å². The first-order valence-electron chi connectivity index (χ1n) is 10.2. The second-order valence-corrected chi connectivity index (χ2v) is 7.08. The van der Waals surface area contributed by atoms with E-state index in [1.807, 2.05) is 84.9 Å². The van der Waals surface area contributed by atoms with Gasteiger partial charge < -0.3 is 14.4 Å². The van der Waals surface area contributed by atoms with Crippen molar-refractivity contribution in [1.29, 1.82) is 0 Å². The van der Waals surface area contributed by atoms with Crippen LogP contribution in [-0.2, 0) is 17.8 Å². The Morgan fingerprint density at radius 2 is 1.58 bits per heavy atom. The smallest absolute Gasteiger partial charge is 0.265 e. The van der Waals surface area contributed by atoms with Gasteiger partial charge in [-0.3, -0.25) is 4.79 Å². The number of aryl methyl sites for hydroxylation is 1. The van der Waals surface area contributed by atoms with Crippen molar-refractivity contribution >= 4 is 22.5 Å². The van der Waals surface area contributed by atoms with E-state index in [-0.39, 0.29) is 18.2 Å². The SMILES string of the molecule is O=C(CCc1ccccc1)N=Nc1c(O)n(CCOc2ccccc2)c2ccccc12. The Morgan fingerprint density at radius 1 is 0.903 bits per heavy atom. The quantitative estimate of drug-likeness (QED) is 0.378. The van der Waals surface area contributed by atoms with Crippen LogP contribution in [0.25, 0.3) is 10.9 Å². The predicted molar refractivity (Wildman–Crippen MR) is 120 cm³/mol. The van der Waals surface area contributed by atoms with E-state index in [9.17, 15) is 9.90 Å². The van der Waals surface area contributed by atoms with E-state index in [4.69, 9.17) is 4.74 Å². The summed E-state index contributed by atoms with van der Waals surface area (Å²) in [6.45, 7) is 0.807. The van der Waals surface area contributed by atoms with Gasteiger partial charge in [0.1, 0.15) is 12.4 Å². The van der Waals surface area contributed by atoms with E-state index in [0.717, 1.165) is 22.2 Å². The molecule has 3 aromatic carbocycles. The molecule has 4 rings (SSSR count).